The molecule has 1 atom stereocenters. The topological polar surface area (TPSA) is 93.5 Å². The number of cyclic esters (lactones) is 1. The van der Waals surface area contributed by atoms with Crippen LogP contribution in [-0.2, 0) is 9.53 Å². The fourth-order valence-electron chi connectivity index (χ4n) is 4.05. The predicted octanol–water partition coefficient (Wildman–Crippen LogP) is 4.21. The number of nitriles is 1. The Morgan fingerprint density at radius 3 is 2.84 bits per heavy atom. The van der Waals surface area contributed by atoms with E-state index in [4.69, 9.17) is 14.2 Å². The third kappa shape index (κ3) is 3.59. The Balaban J connectivity index is 2.06. The highest BCUT2D eigenvalue weighted by Gasteiger charge is 2.41. The summed E-state index contributed by atoms with van der Waals surface area (Å²) in [5, 5.41) is 12.8. The SMILES string of the molecule is CCOc1ncc(C)c2c1[C@H]1C(=C(C)N2)C(=O)OC(C)(C)COc2cc(C#N)ccc21. The molecule has 0 saturated heterocycles. The zero-order chi connectivity index (χ0) is 22.3. The number of nitrogens with zero attached hydrogens (tertiary/aromatic N) is 2. The van der Waals surface area contributed by atoms with Crippen LogP contribution in [0, 0.1) is 18.3 Å². The highest BCUT2D eigenvalue weighted by atomic mass is 16.6. The van der Waals surface area contributed by atoms with Gasteiger partial charge in [-0.15, -0.1) is 0 Å². The van der Waals surface area contributed by atoms with Crippen molar-refractivity contribution in [3.05, 3.63) is 57.9 Å². The first-order valence-corrected chi connectivity index (χ1v) is 10.3. The molecule has 0 aliphatic carbocycles. The molecular formula is C24H25N3O4. The van der Waals surface area contributed by atoms with Gasteiger partial charge in [0.05, 0.1) is 41.0 Å². The lowest BCUT2D eigenvalue weighted by molar-refractivity contribution is -0.154. The first-order valence-electron chi connectivity index (χ1n) is 10.3. The molecule has 0 unspecified atom stereocenters. The van der Waals surface area contributed by atoms with Gasteiger partial charge in [0.15, 0.2) is 0 Å². The monoisotopic (exact) mass is 419 g/mol. The van der Waals surface area contributed by atoms with Crippen LogP contribution in [0.15, 0.2) is 35.7 Å². The van der Waals surface area contributed by atoms with Crippen molar-refractivity contribution >= 4 is 11.7 Å². The summed E-state index contributed by atoms with van der Waals surface area (Å²) >= 11 is 0. The zero-order valence-electron chi connectivity index (χ0n) is 18.3. The number of aromatic nitrogens is 1. The second kappa shape index (κ2) is 7.62. The molecule has 7 nitrogen and oxygen atoms in total. The lowest BCUT2D eigenvalue weighted by Gasteiger charge is -2.32. The van der Waals surface area contributed by atoms with Gasteiger partial charge in [-0.1, -0.05) is 6.07 Å². The fourth-order valence-corrected chi connectivity index (χ4v) is 4.05. The number of rotatable bonds is 2. The summed E-state index contributed by atoms with van der Waals surface area (Å²) in [6.07, 6.45) is 1.75. The minimum atomic E-state index is -0.854. The Hall–Kier alpha value is -3.53. The molecule has 1 aromatic carbocycles. The predicted molar refractivity (Wildman–Crippen MR) is 115 cm³/mol. The molecular weight excluding hydrogens is 394 g/mol. The molecule has 0 spiro atoms. The van der Waals surface area contributed by atoms with Crippen LogP contribution in [0.3, 0.4) is 0 Å². The van der Waals surface area contributed by atoms with Crippen LogP contribution in [0.4, 0.5) is 5.69 Å². The number of hydrogen-bond donors (Lipinski definition) is 1. The molecule has 160 valence electrons. The van der Waals surface area contributed by atoms with E-state index in [1.54, 1.807) is 32.2 Å². The van der Waals surface area contributed by atoms with Gasteiger partial charge in [0.25, 0.3) is 0 Å². The van der Waals surface area contributed by atoms with Crippen molar-refractivity contribution in [3.8, 4) is 17.7 Å². The number of pyridine rings is 1. The normalized spacial score (nSPS) is 19.1. The van der Waals surface area contributed by atoms with E-state index in [-0.39, 0.29) is 6.61 Å². The number of carbonyl (C=O) groups is 1. The number of carbonyl (C=O) groups excluding carboxylic acids is 1. The summed E-state index contributed by atoms with van der Waals surface area (Å²) < 4.78 is 17.8. The highest BCUT2D eigenvalue weighted by Crippen LogP contribution is 2.50. The van der Waals surface area contributed by atoms with E-state index >= 15 is 0 Å². The Labute approximate surface area is 181 Å². The molecule has 0 saturated carbocycles. The fraction of sp³-hybridized carbons (Fsp3) is 0.375. The van der Waals surface area contributed by atoms with Gasteiger partial charge >= 0.3 is 5.97 Å². The van der Waals surface area contributed by atoms with E-state index in [1.165, 1.54) is 0 Å². The Morgan fingerprint density at radius 2 is 2.13 bits per heavy atom. The largest absolute Gasteiger partial charge is 0.489 e. The van der Waals surface area contributed by atoms with Crippen LogP contribution in [0.1, 0.15) is 55.9 Å². The molecule has 1 N–H and O–H groups in total. The number of benzene rings is 1. The van der Waals surface area contributed by atoms with Crippen molar-refractivity contribution < 1.29 is 19.0 Å². The lowest BCUT2D eigenvalue weighted by atomic mass is 9.79. The van der Waals surface area contributed by atoms with Crippen LogP contribution in [-0.4, -0.2) is 29.8 Å². The van der Waals surface area contributed by atoms with Gasteiger partial charge in [-0.3, -0.25) is 0 Å². The molecule has 2 aromatic rings. The second-order valence-corrected chi connectivity index (χ2v) is 8.37. The van der Waals surface area contributed by atoms with Gasteiger partial charge in [0.2, 0.25) is 5.88 Å². The van der Waals surface area contributed by atoms with E-state index < -0.39 is 17.5 Å². The van der Waals surface area contributed by atoms with E-state index in [2.05, 4.69) is 16.4 Å². The zero-order valence-corrected chi connectivity index (χ0v) is 18.3. The summed E-state index contributed by atoms with van der Waals surface area (Å²) in [5.41, 5.74) is 4.11. The standard InChI is InChI=1S/C24H25N3O4/c1-6-29-22-20-19-16-8-7-15(10-25)9-17(16)30-12-24(4,5)31-23(28)18(19)14(3)27-21(20)13(2)11-26-22/h7-9,11,19,27H,6,12H2,1-5H3/t19-/m1/s1. The number of esters is 1. The lowest BCUT2D eigenvalue weighted by Crippen LogP contribution is -2.36. The smallest absolute Gasteiger partial charge is 0.337 e. The average molecular weight is 419 g/mol. The third-order valence-electron chi connectivity index (χ3n) is 5.46. The van der Waals surface area contributed by atoms with Crippen LogP contribution < -0.4 is 14.8 Å². The molecule has 2 aliphatic rings. The summed E-state index contributed by atoms with van der Waals surface area (Å²) in [4.78, 5) is 17.9. The number of fused-ring (bicyclic) bond motifs is 5. The quantitative estimate of drug-likeness (QED) is 0.729. The maximum absolute atomic E-state index is 13.4. The first kappa shape index (κ1) is 20.7. The number of ether oxygens (including phenoxy) is 3. The van der Waals surface area contributed by atoms with Crippen LogP contribution in [0.5, 0.6) is 11.6 Å². The molecule has 3 heterocycles. The number of aryl methyl sites for hydroxylation is 1. The van der Waals surface area contributed by atoms with Crippen molar-refractivity contribution in [1.82, 2.24) is 4.98 Å². The number of nitrogens with one attached hydrogen (secondary N) is 1. The second-order valence-electron chi connectivity index (χ2n) is 8.37. The van der Waals surface area contributed by atoms with Crippen molar-refractivity contribution in [2.75, 3.05) is 18.5 Å². The summed E-state index contributed by atoms with van der Waals surface area (Å²) in [7, 11) is 0. The van der Waals surface area contributed by atoms with Gasteiger partial charge in [0.1, 0.15) is 18.0 Å². The first-order chi connectivity index (χ1) is 14.8. The Morgan fingerprint density at radius 1 is 1.35 bits per heavy atom. The minimum absolute atomic E-state index is 0.157. The maximum Gasteiger partial charge on any atom is 0.337 e. The van der Waals surface area contributed by atoms with Gasteiger partial charge in [0, 0.05) is 17.5 Å². The minimum Gasteiger partial charge on any atom is -0.489 e. The molecule has 7 heteroatoms. The van der Waals surface area contributed by atoms with Crippen LogP contribution in [0.25, 0.3) is 0 Å². The Bertz CT molecular complexity index is 1140. The van der Waals surface area contributed by atoms with Crippen LogP contribution >= 0.6 is 0 Å². The van der Waals surface area contributed by atoms with Gasteiger partial charge in [-0.25, -0.2) is 9.78 Å². The summed E-state index contributed by atoms with van der Waals surface area (Å²) in [5.74, 6) is 0.0505. The van der Waals surface area contributed by atoms with E-state index in [1.807, 2.05) is 26.8 Å². The molecule has 0 radical (unpaired) electrons. The molecule has 2 aliphatic heterocycles. The molecule has 0 fully saturated rings. The molecule has 0 amide bonds. The summed E-state index contributed by atoms with van der Waals surface area (Å²) in [6.45, 7) is 9.91. The van der Waals surface area contributed by atoms with E-state index in [0.29, 0.717) is 35.1 Å². The number of allylic oxidation sites excluding steroid dienone is 1. The Kier molecular flexibility index (Phi) is 5.10. The van der Waals surface area contributed by atoms with Crippen molar-refractivity contribution in [1.29, 1.82) is 5.26 Å². The maximum atomic E-state index is 13.4. The molecule has 4 rings (SSSR count). The van der Waals surface area contributed by atoms with Gasteiger partial charge in [-0.05, 0) is 52.3 Å². The molecule has 0 bridgehead atoms. The number of anilines is 1. The third-order valence-corrected chi connectivity index (χ3v) is 5.46. The molecule has 31 heavy (non-hydrogen) atoms. The number of hydrogen-bond acceptors (Lipinski definition) is 7. The average Bonchev–Trinajstić information content (AvgIpc) is 2.76. The van der Waals surface area contributed by atoms with Crippen molar-refractivity contribution in [3.63, 3.8) is 0 Å². The summed E-state index contributed by atoms with van der Waals surface area (Å²) in [6, 6.07) is 7.44. The molecule has 1 aromatic heterocycles. The van der Waals surface area contributed by atoms with Crippen molar-refractivity contribution in [2.45, 2.75) is 46.1 Å². The van der Waals surface area contributed by atoms with Crippen molar-refractivity contribution in [2.24, 2.45) is 0 Å². The van der Waals surface area contributed by atoms with E-state index in [0.717, 1.165) is 22.4 Å². The van der Waals surface area contributed by atoms with Gasteiger partial charge in [-0.2, -0.15) is 5.26 Å². The van der Waals surface area contributed by atoms with Crippen LogP contribution in [0.2, 0.25) is 0 Å². The van der Waals surface area contributed by atoms with E-state index in [9.17, 15) is 10.1 Å². The highest BCUT2D eigenvalue weighted by molar-refractivity contribution is 5.96. The van der Waals surface area contributed by atoms with Gasteiger partial charge < -0.3 is 19.5 Å².